The highest BCUT2D eigenvalue weighted by molar-refractivity contribution is 6.16. The number of hydrogen-bond acceptors (Lipinski definition) is 2. The molecule has 0 N–H and O–H groups in total. The van der Waals surface area contributed by atoms with E-state index >= 15 is 0 Å². The van der Waals surface area contributed by atoms with Gasteiger partial charge in [0, 0.05) is 24.4 Å². The van der Waals surface area contributed by atoms with Crippen LogP contribution in [-0.4, -0.2) is 15.7 Å². The fourth-order valence-electron chi connectivity index (χ4n) is 2.25. The summed E-state index contributed by atoms with van der Waals surface area (Å²) >= 11 is 5.80. The first-order valence-corrected chi connectivity index (χ1v) is 6.31. The Morgan fingerprint density at radius 2 is 2.39 bits per heavy atom. The summed E-state index contributed by atoms with van der Waals surface area (Å²) < 4.78 is 20.8. The third-order valence-corrected chi connectivity index (χ3v) is 3.32. The highest BCUT2D eigenvalue weighted by Crippen LogP contribution is 2.30. The van der Waals surface area contributed by atoms with Crippen molar-refractivity contribution >= 4 is 11.6 Å². The minimum absolute atomic E-state index is 0.0120. The quantitative estimate of drug-likeness (QED) is 0.799. The SMILES string of the molecule is Fc1ccc2c(c1)CC(Cn1ccnc1CCl)O2. The Labute approximate surface area is 109 Å². The van der Waals surface area contributed by atoms with Crippen molar-refractivity contribution in [2.75, 3.05) is 0 Å². The number of hydrogen-bond donors (Lipinski definition) is 0. The van der Waals surface area contributed by atoms with E-state index in [4.69, 9.17) is 16.3 Å². The molecule has 0 saturated carbocycles. The number of imidazole rings is 1. The summed E-state index contributed by atoms with van der Waals surface area (Å²) in [6.07, 6.45) is 4.33. The number of alkyl halides is 1. The van der Waals surface area contributed by atoms with Crippen molar-refractivity contribution in [3.8, 4) is 5.75 Å². The van der Waals surface area contributed by atoms with Crippen LogP contribution in [0.4, 0.5) is 4.39 Å². The molecule has 0 bridgehead atoms. The van der Waals surface area contributed by atoms with Crippen molar-refractivity contribution in [2.45, 2.75) is 24.9 Å². The Morgan fingerprint density at radius 1 is 1.50 bits per heavy atom. The number of ether oxygens (including phenoxy) is 1. The van der Waals surface area contributed by atoms with Gasteiger partial charge in [-0.1, -0.05) is 0 Å². The van der Waals surface area contributed by atoms with Gasteiger partial charge in [-0.15, -0.1) is 11.6 Å². The summed E-state index contributed by atoms with van der Waals surface area (Å²) in [5.74, 6) is 1.75. The lowest BCUT2D eigenvalue weighted by molar-refractivity contribution is 0.208. The van der Waals surface area contributed by atoms with Crippen LogP contribution in [0.25, 0.3) is 0 Å². The average molecular weight is 267 g/mol. The zero-order valence-corrected chi connectivity index (χ0v) is 10.4. The first-order chi connectivity index (χ1) is 8.76. The topological polar surface area (TPSA) is 27.1 Å². The Hall–Kier alpha value is -1.55. The fourth-order valence-corrected chi connectivity index (χ4v) is 2.47. The molecule has 3 nitrogen and oxygen atoms in total. The minimum atomic E-state index is -0.220. The summed E-state index contributed by atoms with van der Waals surface area (Å²) in [7, 11) is 0. The van der Waals surface area contributed by atoms with Crippen LogP contribution in [0.15, 0.2) is 30.6 Å². The van der Waals surface area contributed by atoms with E-state index in [9.17, 15) is 4.39 Å². The monoisotopic (exact) mass is 266 g/mol. The van der Waals surface area contributed by atoms with Crippen LogP contribution in [0.1, 0.15) is 11.4 Å². The number of fused-ring (bicyclic) bond motifs is 1. The van der Waals surface area contributed by atoms with E-state index in [1.54, 1.807) is 12.3 Å². The molecule has 0 amide bonds. The van der Waals surface area contributed by atoms with Crippen molar-refractivity contribution < 1.29 is 9.13 Å². The Kier molecular flexibility index (Phi) is 2.96. The molecule has 2 aromatic rings. The molecule has 18 heavy (non-hydrogen) atoms. The first kappa shape index (κ1) is 11.5. The van der Waals surface area contributed by atoms with Gasteiger partial charge in [0.25, 0.3) is 0 Å². The van der Waals surface area contributed by atoms with Gasteiger partial charge >= 0.3 is 0 Å². The molecule has 2 heterocycles. The lowest BCUT2D eigenvalue weighted by Crippen LogP contribution is -2.21. The fraction of sp³-hybridized carbons (Fsp3) is 0.308. The van der Waals surface area contributed by atoms with Crippen molar-refractivity contribution in [3.05, 3.63) is 47.8 Å². The summed E-state index contributed by atoms with van der Waals surface area (Å²) in [6.45, 7) is 0.679. The maximum absolute atomic E-state index is 13.1. The van der Waals surface area contributed by atoms with Crippen molar-refractivity contribution in [1.29, 1.82) is 0 Å². The normalized spacial score (nSPS) is 17.6. The van der Waals surface area contributed by atoms with Crippen molar-refractivity contribution in [3.63, 3.8) is 0 Å². The summed E-state index contributed by atoms with van der Waals surface area (Å²) in [4.78, 5) is 4.16. The van der Waals surface area contributed by atoms with Gasteiger partial charge < -0.3 is 9.30 Å². The van der Waals surface area contributed by atoms with E-state index in [2.05, 4.69) is 4.98 Å². The molecule has 1 aliphatic rings. The molecule has 3 rings (SSSR count). The van der Waals surface area contributed by atoms with Crippen LogP contribution in [0.3, 0.4) is 0 Å². The van der Waals surface area contributed by atoms with Crippen molar-refractivity contribution in [1.82, 2.24) is 9.55 Å². The predicted octanol–water partition coefficient (Wildman–Crippen LogP) is 2.76. The van der Waals surface area contributed by atoms with Crippen LogP contribution in [0.5, 0.6) is 5.75 Å². The second-order valence-corrected chi connectivity index (χ2v) is 4.59. The molecule has 1 unspecified atom stereocenters. The van der Waals surface area contributed by atoms with E-state index in [-0.39, 0.29) is 11.9 Å². The van der Waals surface area contributed by atoms with Gasteiger partial charge in [0.15, 0.2) is 0 Å². The molecule has 5 heteroatoms. The molecule has 0 aliphatic carbocycles. The van der Waals surface area contributed by atoms with E-state index in [0.29, 0.717) is 18.8 Å². The minimum Gasteiger partial charge on any atom is -0.488 e. The molecule has 0 radical (unpaired) electrons. The van der Waals surface area contributed by atoms with Crippen LogP contribution in [-0.2, 0) is 18.8 Å². The molecule has 1 aromatic heterocycles. The number of rotatable bonds is 3. The first-order valence-electron chi connectivity index (χ1n) is 5.77. The molecule has 0 saturated heterocycles. The maximum atomic E-state index is 13.1. The van der Waals surface area contributed by atoms with Gasteiger partial charge in [-0.2, -0.15) is 0 Å². The summed E-state index contributed by atoms with van der Waals surface area (Å²) in [5, 5.41) is 0. The number of nitrogens with zero attached hydrogens (tertiary/aromatic N) is 2. The van der Waals surface area contributed by atoms with E-state index in [0.717, 1.165) is 17.1 Å². The molecule has 0 fully saturated rings. The number of aromatic nitrogens is 2. The molecule has 0 spiro atoms. The molecular weight excluding hydrogens is 255 g/mol. The van der Waals surface area contributed by atoms with Gasteiger partial charge in [0.05, 0.1) is 12.4 Å². The van der Waals surface area contributed by atoms with Crippen LogP contribution >= 0.6 is 11.6 Å². The van der Waals surface area contributed by atoms with Gasteiger partial charge in [0.1, 0.15) is 23.5 Å². The highest BCUT2D eigenvalue weighted by atomic mass is 35.5. The van der Waals surface area contributed by atoms with Crippen LogP contribution < -0.4 is 4.74 Å². The summed E-state index contributed by atoms with van der Waals surface area (Å²) in [5.41, 5.74) is 0.924. The second kappa shape index (κ2) is 4.61. The number of benzene rings is 1. The van der Waals surface area contributed by atoms with Gasteiger partial charge in [0.2, 0.25) is 0 Å². The highest BCUT2D eigenvalue weighted by Gasteiger charge is 2.24. The predicted molar refractivity (Wildman–Crippen MR) is 66.3 cm³/mol. The molecule has 94 valence electrons. The molecule has 1 aromatic carbocycles. The van der Waals surface area contributed by atoms with Gasteiger partial charge in [-0.3, -0.25) is 0 Å². The molecular formula is C13H12ClFN2O. The van der Waals surface area contributed by atoms with Gasteiger partial charge in [-0.05, 0) is 18.2 Å². The standard InChI is InChI=1S/C13H12ClFN2O/c14-7-13-16-3-4-17(13)8-11-6-9-5-10(15)1-2-12(9)18-11/h1-5,11H,6-8H2. The molecule has 1 aliphatic heterocycles. The van der Waals surface area contributed by atoms with E-state index in [1.807, 2.05) is 10.8 Å². The summed E-state index contributed by atoms with van der Waals surface area (Å²) in [6, 6.07) is 4.63. The molecule has 1 atom stereocenters. The maximum Gasteiger partial charge on any atom is 0.123 e. The lowest BCUT2D eigenvalue weighted by atomic mass is 10.1. The van der Waals surface area contributed by atoms with E-state index in [1.165, 1.54) is 12.1 Å². The zero-order chi connectivity index (χ0) is 12.5. The van der Waals surface area contributed by atoms with Crippen LogP contribution in [0, 0.1) is 5.82 Å². The van der Waals surface area contributed by atoms with Gasteiger partial charge in [-0.25, -0.2) is 9.37 Å². The van der Waals surface area contributed by atoms with Crippen molar-refractivity contribution in [2.24, 2.45) is 0 Å². The average Bonchev–Trinajstić information content (AvgIpc) is 2.94. The lowest BCUT2D eigenvalue weighted by Gasteiger charge is -2.12. The Morgan fingerprint density at radius 3 is 3.22 bits per heavy atom. The Balaban J connectivity index is 1.75. The second-order valence-electron chi connectivity index (χ2n) is 4.33. The number of halogens is 2. The smallest absolute Gasteiger partial charge is 0.123 e. The van der Waals surface area contributed by atoms with Crippen LogP contribution in [0.2, 0.25) is 0 Å². The third-order valence-electron chi connectivity index (χ3n) is 3.09. The Bertz CT molecular complexity index is 570. The van der Waals surface area contributed by atoms with E-state index < -0.39 is 0 Å². The third kappa shape index (κ3) is 2.08. The zero-order valence-electron chi connectivity index (χ0n) is 9.64. The largest absolute Gasteiger partial charge is 0.488 e.